The largest absolute Gasteiger partial charge is 0.138 e. The van der Waals surface area contributed by atoms with Crippen LogP contribution in [0.15, 0.2) is 0 Å². The SMILES string of the molecule is CC(C)C(C)C1(C)C(C)C2(CCP)C(C)C12. The summed E-state index contributed by atoms with van der Waals surface area (Å²) in [6.45, 7) is 14.9. The van der Waals surface area contributed by atoms with E-state index in [1.807, 2.05) is 0 Å². The zero-order valence-corrected chi connectivity index (χ0v) is 13.0. The van der Waals surface area contributed by atoms with Gasteiger partial charge in [-0.1, -0.05) is 41.5 Å². The summed E-state index contributed by atoms with van der Waals surface area (Å²) in [5.74, 6) is 4.63. The third kappa shape index (κ3) is 1.21. The lowest BCUT2D eigenvalue weighted by atomic mass is 9.48. The maximum Gasteiger partial charge on any atom is -0.0198 e. The second kappa shape index (κ2) is 3.71. The third-order valence-electron chi connectivity index (χ3n) is 6.79. The number of rotatable bonds is 4. The standard InChI is InChI=1S/C15H29P/c1-9(2)10(3)14(6)12(5)15(7-8-16)11(4)13(14)15/h9-13H,7-8,16H2,1-6H3. The number of fused-ring (bicyclic) bond motifs is 1. The Bertz CT molecular complexity index is 275. The van der Waals surface area contributed by atoms with Crippen LogP contribution in [0.25, 0.3) is 0 Å². The molecule has 7 atom stereocenters. The average Bonchev–Trinajstić information content (AvgIpc) is 2.79. The molecule has 0 radical (unpaired) electrons. The monoisotopic (exact) mass is 240 g/mol. The Balaban J connectivity index is 2.18. The zero-order valence-electron chi connectivity index (χ0n) is 11.9. The molecule has 7 unspecified atom stereocenters. The second-order valence-corrected chi connectivity index (χ2v) is 7.62. The van der Waals surface area contributed by atoms with Crippen molar-refractivity contribution in [2.45, 2.75) is 48.0 Å². The van der Waals surface area contributed by atoms with Crippen molar-refractivity contribution in [1.29, 1.82) is 0 Å². The molecule has 0 saturated heterocycles. The average molecular weight is 240 g/mol. The summed E-state index contributed by atoms with van der Waals surface area (Å²) in [7, 11) is 2.93. The molecule has 2 aliphatic carbocycles. The molecule has 1 heteroatoms. The molecule has 94 valence electrons. The first kappa shape index (κ1) is 12.9. The molecule has 0 nitrogen and oxygen atoms in total. The first-order valence-electron chi connectivity index (χ1n) is 7.05. The molecular formula is C15H29P. The molecule has 2 rings (SSSR count). The van der Waals surface area contributed by atoms with Gasteiger partial charge in [-0.15, -0.1) is 9.24 Å². The van der Waals surface area contributed by atoms with E-state index in [2.05, 4.69) is 50.8 Å². The maximum absolute atomic E-state index is 2.93. The van der Waals surface area contributed by atoms with Crippen LogP contribution in [0.1, 0.15) is 48.0 Å². The lowest BCUT2D eigenvalue weighted by Crippen LogP contribution is -2.51. The molecule has 2 fully saturated rings. The topological polar surface area (TPSA) is 0 Å². The van der Waals surface area contributed by atoms with Crippen molar-refractivity contribution in [3.05, 3.63) is 0 Å². The molecule has 2 saturated carbocycles. The fraction of sp³-hybridized carbons (Fsp3) is 1.00. The lowest BCUT2D eigenvalue weighted by Gasteiger charge is -2.56. The molecule has 16 heavy (non-hydrogen) atoms. The van der Waals surface area contributed by atoms with Crippen molar-refractivity contribution < 1.29 is 0 Å². The van der Waals surface area contributed by atoms with Gasteiger partial charge in [0, 0.05) is 0 Å². The zero-order chi connectivity index (χ0) is 12.3. The van der Waals surface area contributed by atoms with E-state index in [1.54, 1.807) is 0 Å². The first-order valence-corrected chi connectivity index (χ1v) is 7.86. The fourth-order valence-electron chi connectivity index (χ4n) is 5.43. The van der Waals surface area contributed by atoms with Crippen molar-refractivity contribution in [1.82, 2.24) is 0 Å². The van der Waals surface area contributed by atoms with Gasteiger partial charge in [-0.2, -0.15) is 0 Å². The summed E-state index contributed by atoms with van der Waals surface area (Å²) in [6.07, 6.45) is 2.72. The lowest BCUT2D eigenvalue weighted by molar-refractivity contribution is -0.0841. The van der Waals surface area contributed by atoms with E-state index in [4.69, 9.17) is 0 Å². The van der Waals surface area contributed by atoms with Crippen molar-refractivity contribution in [2.24, 2.45) is 40.4 Å². The molecule has 2 aliphatic rings. The minimum atomic E-state index is 0.618. The molecule has 0 bridgehead atoms. The summed E-state index contributed by atoms with van der Waals surface area (Å²) in [5, 5.41) is 0. The van der Waals surface area contributed by atoms with Crippen LogP contribution in [-0.2, 0) is 0 Å². The molecule has 0 aromatic rings. The van der Waals surface area contributed by atoms with Gasteiger partial charge in [0.15, 0.2) is 0 Å². The van der Waals surface area contributed by atoms with Crippen LogP contribution in [0.5, 0.6) is 0 Å². The van der Waals surface area contributed by atoms with E-state index in [0.717, 1.165) is 35.0 Å². The van der Waals surface area contributed by atoms with Crippen LogP contribution in [0.4, 0.5) is 0 Å². The van der Waals surface area contributed by atoms with Gasteiger partial charge >= 0.3 is 0 Å². The Morgan fingerprint density at radius 2 is 1.75 bits per heavy atom. The van der Waals surface area contributed by atoms with Crippen LogP contribution in [0.2, 0.25) is 0 Å². The molecule has 0 aliphatic heterocycles. The molecule has 0 amide bonds. The predicted octanol–water partition coefficient (Wildman–Crippen LogP) is 4.45. The van der Waals surface area contributed by atoms with Crippen LogP contribution < -0.4 is 0 Å². The minimum Gasteiger partial charge on any atom is -0.138 e. The van der Waals surface area contributed by atoms with Gasteiger partial charge in [-0.25, -0.2) is 0 Å². The molecule has 0 N–H and O–H groups in total. The molecule has 0 aromatic carbocycles. The summed E-state index contributed by atoms with van der Waals surface area (Å²) in [5.41, 5.74) is 1.35. The van der Waals surface area contributed by atoms with E-state index in [9.17, 15) is 0 Å². The van der Waals surface area contributed by atoms with E-state index in [1.165, 1.54) is 12.6 Å². The van der Waals surface area contributed by atoms with Crippen molar-refractivity contribution in [3.8, 4) is 0 Å². The quantitative estimate of drug-likeness (QED) is 0.637. The summed E-state index contributed by atoms with van der Waals surface area (Å²) < 4.78 is 0. The highest BCUT2D eigenvalue weighted by Gasteiger charge is 2.81. The van der Waals surface area contributed by atoms with Gasteiger partial charge in [0.1, 0.15) is 0 Å². The highest BCUT2D eigenvalue weighted by atomic mass is 31.0. The van der Waals surface area contributed by atoms with E-state index < -0.39 is 0 Å². The van der Waals surface area contributed by atoms with Gasteiger partial charge in [-0.3, -0.25) is 0 Å². The second-order valence-electron chi connectivity index (χ2n) is 7.04. The fourth-order valence-corrected chi connectivity index (χ4v) is 5.93. The Labute approximate surface area is 104 Å². The maximum atomic E-state index is 2.93. The van der Waals surface area contributed by atoms with Crippen LogP contribution in [0.3, 0.4) is 0 Å². The Kier molecular flexibility index (Phi) is 2.99. The Morgan fingerprint density at radius 1 is 1.19 bits per heavy atom. The highest BCUT2D eigenvalue weighted by molar-refractivity contribution is 7.16. The molecular weight excluding hydrogens is 211 g/mol. The van der Waals surface area contributed by atoms with Gasteiger partial charge in [-0.05, 0) is 53.0 Å². The van der Waals surface area contributed by atoms with E-state index in [0.29, 0.717) is 5.41 Å². The van der Waals surface area contributed by atoms with E-state index in [-0.39, 0.29) is 0 Å². The highest BCUT2D eigenvalue weighted by Crippen LogP contribution is 2.86. The van der Waals surface area contributed by atoms with Gasteiger partial charge in [0.2, 0.25) is 0 Å². The van der Waals surface area contributed by atoms with Gasteiger partial charge in [0.25, 0.3) is 0 Å². The molecule has 0 aromatic heterocycles. The van der Waals surface area contributed by atoms with E-state index >= 15 is 0 Å². The number of hydrogen-bond acceptors (Lipinski definition) is 0. The number of hydrogen-bond donors (Lipinski definition) is 0. The Hall–Kier alpha value is 0.430. The smallest absolute Gasteiger partial charge is 0.0198 e. The van der Waals surface area contributed by atoms with Crippen molar-refractivity contribution in [2.75, 3.05) is 6.16 Å². The van der Waals surface area contributed by atoms with Crippen LogP contribution in [0, 0.1) is 40.4 Å². The summed E-state index contributed by atoms with van der Waals surface area (Å²) in [4.78, 5) is 0. The first-order chi connectivity index (χ1) is 7.35. The molecule has 0 heterocycles. The van der Waals surface area contributed by atoms with Gasteiger partial charge in [0.05, 0.1) is 0 Å². The predicted molar refractivity (Wildman–Crippen MR) is 75.6 cm³/mol. The van der Waals surface area contributed by atoms with Crippen LogP contribution >= 0.6 is 9.24 Å². The van der Waals surface area contributed by atoms with Crippen molar-refractivity contribution in [3.63, 3.8) is 0 Å². The normalized spacial score (nSPS) is 52.1. The minimum absolute atomic E-state index is 0.618. The van der Waals surface area contributed by atoms with Crippen LogP contribution in [-0.4, -0.2) is 6.16 Å². The Morgan fingerprint density at radius 3 is 2.12 bits per heavy atom. The van der Waals surface area contributed by atoms with Gasteiger partial charge < -0.3 is 0 Å². The summed E-state index contributed by atoms with van der Waals surface area (Å²) in [6, 6.07) is 0. The van der Waals surface area contributed by atoms with Crippen molar-refractivity contribution >= 4 is 9.24 Å². The summed E-state index contributed by atoms with van der Waals surface area (Å²) >= 11 is 0. The third-order valence-corrected chi connectivity index (χ3v) is 7.07. The molecule has 0 spiro atoms.